The third-order valence-electron chi connectivity index (χ3n) is 6.12. The molecule has 0 aliphatic carbocycles. The maximum atomic E-state index is 12.2. The quantitative estimate of drug-likeness (QED) is 0.721. The molecule has 0 radical (unpaired) electrons. The molecular formula is C22H35N3O2. The first-order valence-corrected chi connectivity index (χ1v) is 10.7. The minimum Gasteiger partial charge on any atom is -0.465 e. The lowest BCUT2D eigenvalue weighted by Gasteiger charge is -2.31. The van der Waals surface area contributed by atoms with Crippen molar-refractivity contribution in [3.05, 3.63) is 30.2 Å². The molecule has 1 aromatic rings. The second-order valence-electron chi connectivity index (χ2n) is 7.93. The van der Waals surface area contributed by atoms with Crippen LogP contribution >= 0.6 is 0 Å². The molecule has 1 amide bonds. The van der Waals surface area contributed by atoms with Crippen LogP contribution in [0.5, 0.6) is 0 Å². The molecular weight excluding hydrogens is 338 g/mol. The van der Waals surface area contributed by atoms with E-state index in [0.29, 0.717) is 18.4 Å². The van der Waals surface area contributed by atoms with Gasteiger partial charge >= 0.3 is 0 Å². The normalized spacial score (nSPS) is 22.6. The van der Waals surface area contributed by atoms with Gasteiger partial charge in [-0.25, -0.2) is 0 Å². The van der Waals surface area contributed by atoms with Crippen LogP contribution in [0.4, 0.5) is 0 Å². The number of piperidine rings is 1. The highest BCUT2D eigenvalue weighted by Crippen LogP contribution is 2.22. The maximum absolute atomic E-state index is 12.2. The Morgan fingerprint density at radius 3 is 2.89 bits per heavy atom. The lowest BCUT2D eigenvalue weighted by atomic mass is 9.92. The zero-order valence-electron chi connectivity index (χ0n) is 16.7. The largest absolute Gasteiger partial charge is 0.465 e. The summed E-state index contributed by atoms with van der Waals surface area (Å²) >= 11 is 0. The number of nitrogens with one attached hydrogen (secondary N) is 1. The minimum atomic E-state index is 0.238. The summed E-state index contributed by atoms with van der Waals surface area (Å²) in [4.78, 5) is 17.2. The number of nitrogens with zero attached hydrogens (tertiary/aromatic N) is 2. The molecule has 1 unspecified atom stereocenters. The van der Waals surface area contributed by atoms with E-state index in [9.17, 15) is 4.79 Å². The van der Waals surface area contributed by atoms with E-state index in [2.05, 4.69) is 28.1 Å². The van der Waals surface area contributed by atoms with E-state index in [0.717, 1.165) is 44.9 Å². The summed E-state index contributed by atoms with van der Waals surface area (Å²) in [7, 11) is 0. The van der Waals surface area contributed by atoms with Crippen molar-refractivity contribution >= 4 is 12.0 Å². The standard InChI is InChI=1S/C22H35N3O2/c1-2-25-14-3-6-20(25)18-23-22(26)10-9-19-11-15-24(16-12-19)13-4-7-21-8-5-17-27-21/h4-5,7-8,17,19-20H,2-3,6,9-16,18H2,1H3,(H,23,26)/b7-4+. The molecule has 1 N–H and O–H groups in total. The average molecular weight is 374 g/mol. The Morgan fingerprint density at radius 2 is 2.15 bits per heavy atom. The number of hydrogen-bond acceptors (Lipinski definition) is 4. The third-order valence-corrected chi connectivity index (χ3v) is 6.12. The Kier molecular flexibility index (Phi) is 7.96. The third kappa shape index (κ3) is 6.51. The molecule has 5 heteroatoms. The van der Waals surface area contributed by atoms with E-state index in [1.807, 2.05) is 18.2 Å². The number of likely N-dealkylation sites (tertiary alicyclic amines) is 2. The molecule has 0 bridgehead atoms. The van der Waals surface area contributed by atoms with Gasteiger partial charge in [0.25, 0.3) is 0 Å². The first-order valence-electron chi connectivity index (χ1n) is 10.7. The fourth-order valence-corrected chi connectivity index (χ4v) is 4.36. The fourth-order valence-electron chi connectivity index (χ4n) is 4.36. The fraction of sp³-hybridized carbons (Fsp3) is 0.682. The summed E-state index contributed by atoms with van der Waals surface area (Å²) in [6, 6.07) is 4.44. The van der Waals surface area contributed by atoms with Crippen molar-refractivity contribution in [2.45, 2.75) is 51.5 Å². The molecule has 150 valence electrons. The summed E-state index contributed by atoms with van der Waals surface area (Å²) in [6.45, 7) is 8.54. The summed E-state index contributed by atoms with van der Waals surface area (Å²) in [5.74, 6) is 1.84. The van der Waals surface area contributed by atoms with E-state index >= 15 is 0 Å². The Hall–Kier alpha value is -1.59. The molecule has 27 heavy (non-hydrogen) atoms. The topological polar surface area (TPSA) is 48.7 Å². The zero-order chi connectivity index (χ0) is 18.9. The van der Waals surface area contributed by atoms with Gasteiger partial charge in [-0.15, -0.1) is 0 Å². The van der Waals surface area contributed by atoms with Crippen molar-refractivity contribution < 1.29 is 9.21 Å². The van der Waals surface area contributed by atoms with Crippen molar-refractivity contribution in [3.63, 3.8) is 0 Å². The number of furan rings is 1. The van der Waals surface area contributed by atoms with E-state index in [1.54, 1.807) is 6.26 Å². The Balaban J connectivity index is 1.26. The van der Waals surface area contributed by atoms with Gasteiger partial charge in [-0.05, 0) is 82.4 Å². The molecule has 2 aliphatic rings. The monoisotopic (exact) mass is 373 g/mol. The van der Waals surface area contributed by atoms with E-state index < -0.39 is 0 Å². The summed E-state index contributed by atoms with van der Waals surface area (Å²) in [5, 5.41) is 3.17. The molecule has 0 aromatic carbocycles. The SMILES string of the molecule is CCN1CCCC1CNC(=O)CCC1CCN(C/C=C/c2ccco2)CC1. The highest BCUT2D eigenvalue weighted by atomic mass is 16.3. The summed E-state index contributed by atoms with van der Waals surface area (Å²) in [5.41, 5.74) is 0. The summed E-state index contributed by atoms with van der Waals surface area (Å²) < 4.78 is 5.31. The van der Waals surface area contributed by atoms with Crippen LogP contribution in [-0.4, -0.2) is 61.0 Å². The second kappa shape index (κ2) is 10.7. The number of rotatable bonds is 9. The van der Waals surface area contributed by atoms with Gasteiger partial charge in [-0.1, -0.05) is 13.0 Å². The zero-order valence-corrected chi connectivity index (χ0v) is 16.7. The van der Waals surface area contributed by atoms with Gasteiger partial charge in [-0.2, -0.15) is 0 Å². The summed E-state index contributed by atoms with van der Waals surface area (Å²) in [6.07, 6.45) is 12.5. The van der Waals surface area contributed by atoms with Crippen molar-refractivity contribution in [1.82, 2.24) is 15.1 Å². The van der Waals surface area contributed by atoms with Gasteiger partial charge < -0.3 is 9.73 Å². The smallest absolute Gasteiger partial charge is 0.220 e. The molecule has 2 saturated heterocycles. The van der Waals surface area contributed by atoms with Crippen LogP contribution in [0.1, 0.15) is 51.2 Å². The van der Waals surface area contributed by atoms with Crippen LogP contribution in [0.15, 0.2) is 28.9 Å². The second-order valence-corrected chi connectivity index (χ2v) is 7.93. The molecule has 0 saturated carbocycles. The van der Waals surface area contributed by atoms with Crippen molar-refractivity contribution in [1.29, 1.82) is 0 Å². The molecule has 0 spiro atoms. The molecule has 1 aromatic heterocycles. The highest BCUT2D eigenvalue weighted by Gasteiger charge is 2.23. The van der Waals surface area contributed by atoms with Gasteiger partial charge in [0.1, 0.15) is 5.76 Å². The number of amides is 1. The predicted octanol–water partition coefficient (Wildman–Crippen LogP) is 3.39. The maximum Gasteiger partial charge on any atom is 0.220 e. The van der Waals surface area contributed by atoms with Gasteiger partial charge in [0.15, 0.2) is 0 Å². The lowest BCUT2D eigenvalue weighted by molar-refractivity contribution is -0.121. The van der Waals surface area contributed by atoms with Crippen molar-refractivity contribution in [2.24, 2.45) is 5.92 Å². The van der Waals surface area contributed by atoms with Gasteiger partial charge in [0, 0.05) is 25.6 Å². The number of carbonyl (C=O) groups is 1. The van der Waals surface area contributed by atoms with Gasteiger partial charge in [-0.3, -0.25) is 14.6 Å². The van der Waals surface area contributed by atoms with Crippen LogP contribution in [0.3, 0.4) is 0 Å². The van der Waals surface area contributed by atoms with E-state index in [-0.39, 0.29) is 5.91 Å². The van der Waals surface area contributed by atoms with E-state index in [4.69, 9.17) is 4.42 Å². The molecule has 3 heterocycles. The lowest BCUT2D eigenvalue weighted by Crippen LogP contribution is -2.40. The molecule has 1 atom stereocenters. The molecule has 5 nitrogen and oxygen atoms in total. The average Bonchev–Trinajstić information content (AvgIpc) is 3.37. The first-order chi connectivity index (χ1) is 13.2. The van der Waals surface area contributed by atoms with Crippen LogP contribution < -0.4 is 5.32 Å². The van der Waals surface area contributed by atoms with Gasteiger partial charge in [0.2, 0.25) is 5.91 Å². The Labute approximate surface area is 163 Å². The van der Waals surface area contributed by atoms with Gasteiger partial charge in [0.05, 0.1) is 6.26 Å². The minimum absolute atomic E-state index is 0.238. The van der Waals surface area contributed by atoms with Crippen LogP contribution in [0.25, 0.3) is 6.08 Å². The molecule has 2 aliphatic heterocycles. The Morgan fingerprint density at radius 1 is 1.30 bits per heavy atom. The number of carbonyl (C=O) groups excluding carboxylic acids is 1. The molecule has 2 fully saturated rings. The number of hydrogen-bond donors (Lipinski definition) is 1. The van der Waals surface area contributed by atoms with Crippen LogP contribution in [0.2, 0.25) is 0 Å². The highest BCUT2D eigenvalue weighted by molar-refractivity contribution is 5.75. The first kappa shape index (κ1) is 20.2. The molecule has 3 rings (SSSR count). The van der Waals surface area contributed by atoms with Crippen molar-refractivity contribution in [2.75, 3.05) is 39.3 Å². The predicted molar refractivity (Wildman–Crippen MR) is 109 cm³/mol. The number of likely N-dealkylation sites (N-methyl/N-ethyl adjacent to an activating group) is 1. The van der Waals surface area contributed by atoms with Crippen LogP contribution in [0, 0.1) is 5.92 Å². The van der Waals surface area contributed by atoms with E-state index in [1.165, 1.54) is 32.2 Å². The van der Waals surface area contributed by atoms with Crippen LogP contribution in [-0.2, 0) is 4.79 Å². The Bertz CT molecular complexity index is 576. The van der Waals surface area contributed by atoms with Crippen molar-refractivity contribution in [3.8, 4) is 0 Å².